The van der Waals surface area contributed by atoms with Crippen LogP contribution in [-0.4, -0.2) is 5.25 Å². The topological polar surface area (TPSA) is 0 Å². The quantitative estimate of drug-likeness (QED) is 0.480. The van der Waals surface area contributed by atoms with Crippen LogP contribution in [0.2, 0.25) is 0 Å². The van der Waals surface area contributed by atoms with E-state index in [9.17, 15) is 0 Å². The normalized spacial score (nSPS) is 8.22. The van der Waals surface area contributed by atoms with Gasteiger partial charge in [-0.1, -0.05) is 12.2 Å². The molecular formula is C7H13ClS. The van der Waals surface area contributed by atoms with Crippen LogP contribution in [0.25, 0.3) is 0 Å². The van der Waals surface area contributed by atoms with Crippen LogP contribution in [0.4, 0.5) is 0 Å². The summed E-state index contributed by atoms with van der Waals surface area (Å²) < 4.78 is 0. The van der Waals surface area contributed by atoms with Crippen molar-refractivity contribution in [3.63, 3.8) is 0 Å². The summed E-state index contributed by atoms with van der Waals surface area (Å²) in [5, 5.41) is 0.421. The zero-order valence-electron chi connectivity index (χ0n) is 5.42. The molecule has 0 nitrogen and oxygen atoms in total. The van der Waals surface area contributed by atoms with Crippen molar-refractivity contribution < 1.29 is 0 Å². The standard InChI is InChI=1S/C7H12S.ClH/c1-3-5-7(8)6-4-2;/h3-4,7-8H,1-2,5-6H2;1H. The maximum Gasteiger partial charge on any atom is 0.00855 e. The summed E-state index contributed by atoms with van der Waals surface area (Å²) in [6.07, 6.45) is 5.69. The van der Waals surface area contributed by atoms with E-state index in [0.29, 0.717) is 5.25 Å². The molecule has 0 rings (SSSR count). The van der Waals surface area contributed by atoms with Gasteiger partial charge in [0.05, 0.1) is 0 Å². The zero-order valence-corrected chi connectivity index (χ0v) is 7.13. The molecule has 0 saturated carbocycles. The van der Waals surface area contributed by atoms with Crippen LogP contribution >= 0.6 is 25.0 Å². The molecule has 0 bridgehead atoms. The highest BCUT2D eigenvalue weighted by atomic mass is 35.5. The molecule has 0 aliphatic heterocycles. The maximum atomic E-state index is 4.25. The molecule has 9 heavy (non-hydrogen) atoms. The molecule has 0 N–H and O–H groups in total. The molecule has 0 aromatic carbocycles. The van der Waals surface area contributed by atoms with Crippen molar-refractivity contribution in [1.82, 2.24) is 0 Å². The van der Waals surface area contributed by atoms with E-state index in [1.54, 1.807) is 0 Å². The minimum Gasteiger partial charge on any atom is -0.175 e. The average Bonchev–Trinajstić information content (AvgIpc) is 1.68. The largest absolute Gasteiger partial charge is 0.175 e. The monoisotopic (exact) mass is 164 g/mol. The molecule has 0 aliphatic carbocycles. The number of halogens is 1. The summed E-state index contributed by atoms with van der Waals surface area (Å²) in [5.74, 6) is 0. The highest BCUT2D eigenvalue weighted by Gasteiger charge is 1.93. The summed E-state index contributed by atoms with van der Waals surface area (Å²) in [7, 11) is 0. The van der Waals surface area contributed by atoms with E-state index in [-0.39, 0.29) is 12.4 Å². The maximum absolute atomic E-state index is 4.25. The van der Waals surface area contributed by atoms with Crippen LogP contribution in [0.3, 0.4) is 0 Å². The Morgan fingerprint density at radius 3 is 1.78 bits per heavy atom. The van der Waals surface area contributed by atoms with Gasteiger partial charge in [-0.05, 0) is 12.8 Å². The van der Waals surface area contributed by atoms with Crippen LogP contribution < -0.4 is 0 Å². The summed E-state index contributed by atoms with van der Waals surface area (Å²) in [4.78, 5) is 0. The Morgan fingerprint density at radius 1 is 1.22 bits per heavy atom. The molecule has 0 aliphatic rings. The van der Waals surface area contributed by atoms with Crippen LogP contribution in [0.15, 0.2) is 25.3 Å². The molecule has 2 heteroatoms. The van der Waals surface area contributed by atoms with Gasteiger partial charge in [0.15, 0.2) is 0 Å². The minimum atomic E-state index is 0. The van der Waals surface area contributed by atoms with Gasteiger partial charge in [0, 0.05) is 5.25 Å². The third-order valence-electron chi connectivity index (χ3n) is 0.877. The van der Waals surface area contributed by atoms with Crippen molar-refractivity contribution in [2.24, 2.45) is 0 Å². The Labute approximate surface area is 68.9 Å². The van der Waals surface area contributed by atoms with Gasteiger partial charge in [0.1, 0.15) is 0 Å². The number of thiol groups is 1. The lowest BCUT2D eigenvalue weighted by Crippen LogP contribution is -1.92. The van der Waals surface area contributed by atoms with Gasteiger partial charge < -0.3 is 0 Å². The lowest BCUT2D eigenvalue weighted by molar-refractivity contribution is 0.901. The lowest BCUT2D eigenvalue weighted by atomic mass is 10.2. The molecule has 0 saturated heterocycles. The Bertz CT molecular complexity index is 71.0. The Balaban J connectivity index is 0. The van der Waals surface area contributed by atoms with Crippen LogP contribution in [0.1, 0.15) is 12.8 Å². The first-order valence-corrected chi connectivity index (χ1v) is 3.22. The number of allylic oxidation sites excluding steroid dienone is 2. The van der Waals surface area contributed by atoms with E-state index in [0.717, 1.165) is 12.8 Å². The highest BCUT2D eigenvalue weighted by Crippen LogP contribution is 2.06. The van der Waals surface area contributed by atoms with Crippen LogP contribution in [-0.2, 0) is 0 Å². The van der Waals surface area contributed by atoms with Crippen molar-refractivity contribution in [2.45, 2.75) is 18.1 Å². The molecule has 0 aromatic rings. The summed E-state index contributed by atoms with van der Waals surface area (Å²) in [6.45, 7) is 7.20. The molecule has 0 amide bonds. The van der Waals surface area contributed by atoms with Gasteiger partial charge >= 0.3 is 0 Å². The fraction of sp³-hybridized carbons (Fsp3) is 0.429. The van der Waals surface area contributed by atoms with Crippen molar-refractivity contribution in [1.29, 1.82) is 0 Å². The fourth-order valence-corrected chi connectivity index (χ4v) is 0.779. The van der Waals surface area contributed by atoms with Gasteiger partial charge in [0.25, 0.3) is 0 Å². The molecule has 0 unspecified atom stereocenters. The highest BCUT2D eigenvalue weighted by molar-refractivity contribution is 7.80. The van der Waals surface area contributed by atoms with Gasteiger partial charge in [-0.25, -0.2) is 0 Å². The number of rotatable bonds is 4. The fourth-order valence-electron chi connectivity index (χ4n) is 0.481. The van der Waals surface area contributed by atoms with Crippen LogP contribution in [0, 0.1) is 0 Å². The molecule has 0 atom stereocenters. The molecule has 0 aromatic heterocycles. The second-order valence-corrected chi connectivity index (χ2v) is 2.43. The zero-order chi connectivity index (χ0) is 6.41. The first-order valence-electron chi connectivity index (χ1n) is 2.71. The molecule has 0 radical (unpaired) electrons. The number of hydrogen-bond acceptors (Lipinski definition) is 1. The van der Waals surface area contributed by atoms with E-state index in [4.69, 9.17) is 0 Å². The van der Waals surface area contributed by atoms with Gasteiger partial charge in [-0.15, -0.1) is 25.6 Å². The molecule has 0 fully saturated rings. The first-order chi connectivity index (χ1) is 3.81. The van der Waals surface area contributed by atoms with E-state index < -0.39 is 0 Å². The Kier molecular flexibility index (Phi) is 10.7. The first kappa shape index (κ1) is 11.9. The number of hydrogen-bond donors (Lipinski definition) is 1. The van der Waals surface area contributed by atoms with Crippen molar-refractivity contribution in [3.8, 4) is 0 Å². The van der Waals surface area contributed by atoms with Crippen molar-refractivity contribution >= 4 is 25.0 Å². The van der Waals surface area contributed by atoms with Crippen molar-refractivity contribution in [3.05, 3.63) is 25.3 Å². The average molecular weight is 165 g/mol. The minimum absolute atomic E-state index is 0. The van der Waals surface area contributed by atoms with Gasteiger partial charge in [0.2, 0.25) is 0 Å². The smallest absolute Gasteiger partial charge is 0.00855 e. The van der Waals surface area contributed by atoms with Gasteiger partial charge in [-0.3, -0.25) is 0 Å². The lowest BCUT2D eigenvalue weighted by Gasteiger charge is -2.00. The predicted molar refractivity (Wildman–Crippen MR) is 49.7 cm³/mol. The second kappa shape index (κ2) is 8.12. The Hall–Kier alpha value is 0.120. The van der Waals surface area contributed by atoms with Gasteiger partial charge in [-0.2, -0.15) is 12.6 Å². The summed E-state index contributed by atoms with van der Waals surface area (Å²) in [6, 6.07) is 0. The predicted octanol–water partition coefficient (Wildman–Crippen LogP) is 2.86. The molecule has 54 valence electrons. The van der Waals surface area contributed by atoms with E-state index in [1.165, 1.54) is 0 Å². The Morgan fingerprint density at radius 2 is 1.56 bits per heavy atom. The summed E-state index contributed by atoms with van der Waals surface area (Å²) in [5.41, 5.74) is 0. The van der Waals surface area contributed by atoms with E-state index in [1.807, 2.05) is 12.2 Å². The molecular weight excluding hydrogens is 152 g/mol. The summed E-state index contributed by atoms with van der Waals surface area (Å²) >= 11 is 4.25. The SMILES string of the molecule is C=CCC(S)CC=C.Cl. The van der Waals surface area contributed by atoms with E-state index in [2.05, 4.69) is 25.8 Å². The molecule has 0 heterocycles. The third-order valence-corrected chi connectivity index (χ3v) is 1.30. The van der Waals surface area contributed by atoms with Crippen LogP contribution in [0.5, 0.6) is 0 Å². The molecule has 0 spiro atoms. The third kappa shape index (κ3) is 8.12. The van der Waals surface area contributed by atoms with E-state index >= 15 is 0 Å². The second-order valence-electron chi connectivity index (χ2n) is 1.70. The van der Waals surface area contributed by atoms with Crippen molar-refractivity contribution in [2.75, 3.05) is 0 Å².